The normalized spacial score (nSPS) is 10.1. The highest BCUT2D eigenvalue weighted by Gasteiger charge is 2.00. The van der Waals surface area contributed by atoms with Gasteiger partial charge in [0, 0.05) is 13.5 Å². The molecule has 0 spiro atoms. The summed E-state index contributed by atoms with van der Waals surface area (Å²) in [6.45, 7) is 1.94. The van der Waals surface area contributed by atoms with Crippen molar-refractivity contribution >= 4 is 5.97 Å². The highest BCUT2D eigenvalue weighted by atomic mass is 16.5. The lowest BCUT2D eigenvalue weighted by molar-refractivity contribution is -0.131. The minimum Gasteiger partial charge on any atom is -0.427 e. The molecule has 0 atom stereocenters. The fourth-order valence-corrected chi connectivity index (χ4v) is 1.71. The summed E-state index contributed by atoms with van der Waals surface area (Å²) in [5.41, 5.74) is 8.85. The fourth-order valence-electron chi connectivity index (χ4n) is 1.71. The number of nitrogens with two attached hydrogens (primary N) is 1. The van der Waals surface area contributed by atoms with Crippen LogP contribution in [0.4, 0.5) is 0 Å². The van der Waals surface area contributed by atoms with Gasteiger partial charge in [-0.1, -0.05) is 36.4 Å². The zero-order chi connectivity index (χ0) is 13.0. The molecule has 18 heavy (non-hydrogen) atoms. The van der Waals surface area contributed by atoms with E-state index in [1.54, 1.807) is 12.1 Å². The van der Waals surface area contributed by atoms with Crippen LogP contribution in [0.2, 0.25) is 0 Å². The lowest BCUT2D eigenvalue weighted by Gasteiger charge is -2.05. The first-order valence-corrected chi connectivity index (χ1v) is 5.77. The van der Waals surface area contributed by atoms with Crippen molar-refractivity contribution in [2.75, 3.05) is 0 Å². The monoisotopic (exact) mass is 241 g/mol. The van der Waals surface area contributed by atoms with Gasteiger partial charge < -0.3 is 10.5 Å². The molecular weight excluding hydrogens is 226 g/mol. The molecule has 0 aliphatic rings. The van der Waals surface area contributed by atoms with Crippen LogP contribution in [0.25, 0.3) is 11.1 Å². The molecule has 0 fully saturated rings. The minimum atomic E-state index is -0.310. The van der Waals surface area contributed by atoms with E-state index < -0.39 is 0 Å². The standard InChI is InChI=1S/C15H15NO2/c1-11(17)18-15-8-6-14(7-9-15)13-4-2-12(10-16)3-5-13/h2-9H,10,16H2,1H3. The quantitative estimate of drug-likeness (QED) is 0.664. The number of hydrogen-bond donors (Lipinski definition) is 1. The first-order chi connectivity index (χ1) is 8.69. The molecule has 2 N–H and O–H groups in total. The highest BCUT2D eigenvalue weighted by molar-refractivity contribution is 5.70. The van der Waals surface area contributed by atoms with Crippen LogP contribution in [-0.2, 0) is 11.3 Å². The van der Waals surface area contributed by atoms with Crippen LogP contribution in [0.5, 0.6) is 5.75 Å². The Morgan fingerprint density at radius 2 is 1.50 bits per heavy atom. The molecule has 0 aromatic heterocycles. The third-order valence-electron chi connectivity index (χ3n) is 2.64. The van der Waals surface area contributed by atoms with E-state index in [0.29, 0.717) is 12.3 Å². The summed E-state index contributed by atoms with van der Waals surface area (Å²) in [7, 11) is 0. The Balaban J connectivity index is 2.20. The minimum absolute atomic E-state index is 0.310. The molecule has 0 saturated carbocycles. The summed E-state index contributed by atoms with van der Waals surface area (Å²) < 4.78 is 4.99. The molecule has 0 aliphatic carbocycles. The Morgan fingerprint density at radius 1 is 1.00 bits per heavy atom. The van der Waals surface area contributed by atoms with Crippen molar-refractivity contribution in [1.29, 1.82) is 0 Å². The van der Waals surface area contributed by atoms with Crippen molar-refractivity contribution in [2.45, 2.75) is 13.5 Å². The van der Waals surface area contributed by atoms with Gasteiger partial charge in [-0.3, -0.25) is 4.79 Å². The number of hydrogen-bond acceptors (Lipinski definition) is 3. The highest BCUT2D eigenvalue weighted by Crippen LogP contribution is 2.22. The van der Waals surface area contributed by atoms with Crippen LogP contribution < -0.4 is 10.5 Å². The summed E-state index contributed by atoms with van der Waals surface area (Å²) in [5, 5.41) is 0. The van der Waals surface area contributed by atoms with E-state index in [1.165, 1.54) is 6.92 Å². The Kier molecular flexibility index (Phi) is 3.75. The van der Waals surface area contributed by atoms with Crippen molar-refractivity contribution in [2.24, 2.45) is 5.73 Å². The van der Waals surface area contributed by atoms with Crippen molar-refractivity contribution in [1.82, 2.24) is 0 Å². The van der Waals surface area contributed by atoms with Crippen LogP contribution in [0.3, 0.4) is 0 Å². The molecule has 92 valence electrons. The summed E-state index contributed by atoms with van der Waals surface area (Å²) in [4.78, 5) is 10.8. The third-order valence-corrected chi connectivity index (χ3v) is 2.64. The van der Waals surface area contributed by atoms with Crippen molar-refractivity contribution in [3.8, 4) is 16.9 Å². The van der Waals surface area contributed by atoms with E-state index in [4.69, 9.17) is 10.5 Å². The van der Waals surface area contributed by atoms with E-state index in [1.807, 2.05) is 36.4 Å². The molecule has 0 heterocycles. The van der Waals surface area contributed by atoms with Gasteiger partial charge in [-0.25, -0.2) is 0 Å². The van der Waals surface area contributed by atoms with Crippen LogP contribution >= 0.6 is 0 Å². The fraction of sp³-hybridized carbons (Fsp3) is 0.133. The molecule has 3 nitrogen and oxygen atoms in total. The number of rotatable bonds is 3. The molecule has 2 rings (SSSR count). The van der Waals surface area contributed by atoms with Crippen LogP contribution in [0.1, 0.15) is 12.5 Å². The lowest BCUT2D eigenvalue weighted by Crippen LogP contribution is -2.00. The molecule has 0 bridgehead atoms. The second-order valence-corrected chi connectivity index (χ2v) is 4.02. The maximum Gasteiger partial charge on any atom is 0.308 e. The third kappa shape index (κ3) is 2.96. The second kappa shape index (κ2) is 5.47. The molecular formula is C15H15NO2. The summed E-state index contributed by atoms with van der Waals surface area (Å²) in [5.74, 6) is 0.250. The number of esters is 1. The first-order valence-electron chi connectivity index (χ1n) is 5.77. The number of carbonyl (C=O) groups excluding carboxylic acids is 1. The average molecular weight is 241 g/mol. The molecule has 3 heteroatoms. The van der Waals surface area contributed by atoms with E-state index in [2.05, 4.69) is 0 Å². The van der Waals surface area contributed by atoms with E-state index in [0.717, 1.165) is 16.7 Å². The Bertz CT molecular complexity index is 529. The smallest absolute Gasteiger partial charge is 0.308 e. The van der Waals surface area contributed by atoms with Crippen molar-refractivity contribution < 1.29 is 9.53 Å². The number of carbonyl (C=O) groups is 1. The maximum absolute atomic E-state index is 10.8. The van der Waals surface area contributed by atoms with Crippen LogP contribution in [-0.4, -0.2) is 5.97 Å². The largest absolute Gasteiger partial charge is 0.427 e. The zero-order valence-corrected chi connectivity index (χ0v) is 10.2. The summed E-state index contributed by atoms with van der Waals surface area (Å²) in [6, 6.07) is 15.5. The van der Waals surface area contributed by atoms with E-state index in [9.17, 15) is 4.79 Å². The van der Waals surface area contributed by atoms with E-state index in [-0.39, 0.29) is 5.97 Å². The van der Waals surface area contributed by atoms with Gasteiger partial charge >= 0.3 is 5.97 Å². The predicted octanol–water partition coefficient (Wildman–Crippen LogP) is 2.74. The topological polar surface area (TPSA) is 52.3 Å². The van der Waals surface area contributed by atoms with Gasteiger partial charge in [0.05, 0.1) is 0 Å². The molecule has 0 unspecified atom stereocenters. The maximum atomic E-state index is 10.8. The predicted molar refractivity (Wildman–Crippen MR) is 71.1 cm³/mol. The SMILES string of the molecule is CC(=O)Oc1ccc(-c2ccc(CN)cc2)cc1. The van der Waals surface area contributed by atoms with Crippen LogP contribution in [0, 0.1) is 0 Å². The molecule has 0 aliphatic heterocycles. The Morgan fingerprint density at radius 3 is 1.94 bits per heavy atom. The van der Waals surface area contributed by atoms with Gasteiger partial charge in [-0.15, -0.1) is 0 Å². The molecule has 0 amide bonds. The van der Waals surface area contributed by atoms with Gasteiger partial charge in [-0.2, -0.15) is 0 Å². The van der Waals surface area contributed by atoms with Gasteiger partial charge in [0.25, 0.3) is 0 Å². The average Bonchev–Trinajstić information content (AvgIpc) is 2.39. The molecule has 2 aromatic rings. The molecule has 0 saturated heterocycles. The Hall–Kier alpha value is -2.13. The van der Waals surface area contributed by atoms with E-state index >= 15 is 0 Å². The summed E-state index contributed by atoms with van der Waals surface area (Å²) >= 11 is 0. The van der Waals surface area contributed by atoms with Gasteiger partial charge in [0.2, 0.25) is 0 Å². The van der Waals surface area contributed by atoms with Crippen LogP contribution in [0.15, 0.2) is 48.5 Å². The van der Waals surface area contributed by atoms with Gasteiger partial charge in [0.15, 0.2) is 0 Å². The number of benzene rings is 2. The molecule has 2 aromatic carbocycles. The molecule has 0 radical (unpaired) electrons. The zero-order valence-electron chi connectivity index (χ0n) is 10.2. The first kappa shape index (κ1) is 12.3. The lowest BCUT2D eigenvalue weighted by atomic mass is 10.0. The summed E-state index contributed by atoms with van der Waals surface area (Å²) in [6.07, 6.45) is 0. The van der Waals surface area contributed by atoms with Gasteiger partial charge in [-0.05, 0) is 28.8 Å². The van der Waals surface area contributed by atoms with Crippen molar-refractivity contribution in [3.05, 3.63) is 54.1 Å². The second-order valence-electron chi connectivity index (χ2n) is 4.02. The van der Waals surface area contributed by atoms with Crippen molar-refractivity contribution in [3.63, 3.8) is 0 Å². The van der Waals surface area contributed by atoms with Gasteiger partial charge in [0.1, 0.15) is 5.75 Å². The number of ether oxygens (including phenoxy) is 1. The Labute approximate surface area is 106 Å².